The maximum Gasteiger partial charge on any atom is 0.239 e. The number of nitriles is 1. The van der Waals surface area contributed by atoms with Gasteiger partial charge in [-0.05, 0) is 30.9 Å². The summed E-state index contributed by atoms with van der Waals surface area (Å²) < 4.78 is 0. The summed E-state index contributed by atoms with van der Waals surface area (Å²) in [7, 11) is 0. The Labute approximate surface area is 193 Å². The van der Waals surface area contributed by atoms with Gasteiger partial charge < -0.3 is 15.1 Å². The molecule has 0 radical (unpaired) electrons. The fourth-order valence-corrected chi connectivity index (χ4v) is 5.96. The van der Waals surface area contributed by atoms with Crippen LogP contribution in [0.3, 0.4) is 0 Å². The molecule has 5 rings (SSSR count). The third kappa shape index (κ3) is 4.38. The number of aromatic nitrogens is 1. The van der Waals surface area contributed by atoms with Crippen LogP contribution in [0.4, 0.5) is 5.13 Å². The predicted octanol–water partition coefficient (Wildman–Crippen LogP) is 2.40. The summed E-state index contributed by atoms with van der Waals surface area (Å²) in [6.45, 7) is 8.88. The molecule has 1 N–H and O–H groups in total. The van der Waals surface area contributed by atoms with E-state index in [1.54, 1.807) is 11.3 Å². The van der Waals surface area contributed by atoms with E-state index in [1.807, 2.05) is 24.3 Å². The molecule has 1 aromatic heterocycles. The minimum absolute atomic E-state index is 0.0164. The number of nitrogens with zero attached hydrogens (tertiary/aromatic N) is 5. The molecule has 32 heavy (non-hydrogen) atoms. The van der Waals surface area contributed by atoms with Crippen molar-refractivity contribution in [3.8, 4) is 17.3 Å². The second-order valence-corrected chi connectivity index (χ2v) is 10.1. The third-order valence-electron chi connectivity index (χ3n) is 7.04. The number of benzene rings is 1. The van der Waals surface area contributed by atoms with Crippen molar-refractivity contribution >= 4 is 22.4 Å². The molecule has 1 aromatic carbocycles. The highest BCUT2D eigenvalue weighted by Gasteiger charge is 2.37. The summed E-state index contributed by atoms with van der Waals surface area (Å²) in [5, 5.41) is 15.6. The molecule has 0 bridgehead atoms. The van der Waals surface area contributed by atoms with Gasteiger partial charge in [0.05, 0.1) is 23.4 Å². The van der Waals surface area contributed by atoms with Gasteiger partial charge in [0.2, 0.25) is 5.91 Å². The molecule has 3 aliphatic rings. The molecule has 0 spiro atoms. The summed E-state index contributed by atoms with van der Waals surface area (Å²) in [4.78, 5) is 24.6. The minimum Gasteiger partial charge on any atom is -0.346 e. The highest BCUT2D eigenvalue weighted by molar-refractivity contribution is 7.14. The van der Waals surface area contributed by atoms with E-state index in [4.69, 9.17) is 10.2 Å². The van der Waals surface area contributed by atoms with Crippen molar-refractivity contribution in [2.45, 2.75) is 31.8 Å². The number of anilines is 1. The maximum absolute atomic E-state index is 12.8. The Bertz CT molecular complexity index is 991. The first-order valence-corrected chi connectivity index (χ1v) is 12.5. The van der Waals surface area contributed by atoms with Crippen LogP contribution in [0.15, 0.2) is 29.6 Å². The molecule has 1 unspecified atom stereocenters. The number of hydrogen-bond donors (Lipinski definition) is 1. The average molecular weight is 451 g/mol. The van der Waals surface area contributed by atoms with E-state index in [0.29, 0.717) is 23.4 Å². The van der Waals surface area contributed by atoms with Gasteiger partial charge >= 0.3 is 0 Å². The number of carbonyl (C=O) groups excluding carboxylic acids is 1. The number of likely N-dealkylation sites (tertiary alicyclic amines) is 1. The largest absolute Gasteiger partial charge is 0.346 e. The topological polar surface area (TPSA) is 75.5 Å². The standard InChI is InChI=1S/C24H30N6OS/c1-17-6-7-30(15-17)23(31)21-12-20(14-26-21)28-8-10-29(11-9-28)24-27-22(16-32-24)19-4-2-18(13-25)3-5-19/h2-5,16-17,20-21,26H,6-12,14-15H2,1H3/t17?,20-,21-/m0/s1. The van der Waals surface area contributed by atoms with Crippen LogP contribution in [-0.2, 0) is 4.79 Å². The number of rotatable bonds is 4. The number of amides is 1. The number of nitrogens with one attached hydrogen (secondary N) is 1. The van der Waals surface area contributed by atoms with Gasteiger partial charge in [0.1, 0.15) is 0 Å². The fraction of sp³-hybridized carbons (Fsp3) is 0.542. The van der Waals surface area contributed by atoms with Crippen molar-refractivity contribution in [2.24, 2.45) is 5.92 Å². The molecule has 7 nitrogen and oxygen atoms in total. The SMILES string of the molecule is CC1CCN(C(=O)[C@@H]2C[C@H](N3CCN(c4nc(-c5ccc(C#N)cc5)cs4)CC3)CN2)C1. The van der Waals surface area contributed by atoms with Crippen LogP contribution in [0.5, 0.6) is 0 Å². The second-order valence-electron chi connectivity index (χ2n) is 9.26. The number of thiazole rings is 1. The first kappa shape index (κ1) is 21.4. The van der Waals surface area contributed by atoms with Crippen molar-refractivity contribution < 1.29 is 4.79 Å². The van der Waals surface area contributed by atoms with Gasteiger partial charge in [0.25, 0.3) is 0 Å². The molecule has 0 aliphatic carbocycles. The summed E-state index contributed by atoms with van der Waals surface area (Å²) in [6.07, 6.45) is 2.05. The van der Waals surface area contributed by atoms with Gasteiger partial charge in [-0.25, -0.2) is 4.98 Å². The molecule has 3 aliphatic heterocycles. The first-order chi connectivity index (χ1) is 15.6. The zero-order valence-electron chi connectivity index (χ0n) is 18.5. The summed E-state index contributed by atoms with van der Waals surface area (Å²) in [5.41, 5.74) is 2.68. The highest BCUT2D eigenvalue weighted by Crippen LogP contribution is 2.29. The Morgan fingerprint density at radius 3 is 2.66 bits per heavy atom. The van der Waals surface area contributed by atoms with Gasteiger partial charge in [-0.3, -0.25) is 9.69 Å². The van der Waals surface area contributed by atoms with E-state index in [9.17, 15) is 4.79 Å². The zero-order chi connectivity index (χ0) is 22.1. The summed E-state index contributed by atoms with van der Waals surface area (Å²) >= 11 is 1.68. The molecule has 3 atom stereocenters. The van der Waals surface area contributed by atoms with Crippen LogP contribution in [0, 0.1) is 17.2 Å². The van der Waals surface area contributed by atoms with Gasteiger partial charge in [0, 0.05) is 62.8 Å². The van der Waals surface area contributed by atoms with E-state index < -0.39 is 0 Å². The Hall–Kier alpha value is -2.47. The molecule has 8 heteroatoms. The van der Waals surface area contributed by atoms with E-state index in [2.05, 4.69) is 38.4 Å². The summed E-state index contributed by atoms with van der Waals surface area (Å²) in [6, 6.07) is 10.2. The number of carbonyl (C=O) groups is 1. The number of piperazine rings is 1. The maximum atomic E-state index is 12.8. The lowest BCUT2D eigenvalue weighted by Crippen LogP contribution is -2.51. The van der Waals surface area contributed by atoms with Gasteiger partial charge in [-0.1, -0.05) is 19.1 Å². The van der Waals surface area contributed by atoms with Crippen molar-refractivity contribution in [1.29, 1.82) is 5.26 Å². The van der Waals surface area contributed by atoms with Crippen LogP contribution in [0.2, 0.25) is 0 Å². The lowest BCUT2D eigenvalue weighted by molar-refractivity contribution is -0.132. The molecular weight excluding hydrogens is 420 g/mol. The van der Waals surface area contributed by atoms with Crippen LogP contribution in [0.25, 0.3) is 11.3 Å². The van der Waals surface area contributed by atoms with E-state index >= 15 is 0 Å². The third-order valence-corrected chi connectivity index (χ3v) is 7.95. The normalized spacial score (nSPS) is 26.4. The Balaban J connectivity index is 1.14. The molecule has 3 fully saturated rings. The lowest BCUT2D eigenvalue weighted by atomic mass is 10.1. The van der Waals surface area contributed by atoms with Gasteiger partial charge in [-0.2, -0.15) is 5.26 Å². The minimum atomic E-state index is -0.0164. The smallest absolute Gasteiger partial charge is 0.239 e. The average Bonchev–Trinajstić information content (AvgIpc) is 3.60. The zero-order valence-corrected chi connectivity index (χ0v) is 19.4. The molecular formula is C24H30N6OS. The monoisotopic (exact) mass is 450 g/mol. The van der Waals surface area contributed by atoms with Gasteiger partial charge in [-0.15, -0.1) is 11.3 Å². The van der Waals surface area contributed by atoms with E-state index in [1.165, 1.54) is 0 Å². The second kappa shape index (κ2) is 9.18. The highest BCUT2D eigenvalue weighted by atomic mass is 32.1. The van der Waals surface area contributed by atoms with Crippen LogP contribution in [0.1, 0.15) is 25.3 Å². The van der Waals surface area contributed by atoms with Crippen molar-refractivity contribution in [2.75, 3.05) is 50.7 Å². The molecule has 1 amide bonds. The molecule has 2 aromatic rings. The Kier molecular flexibility index (Phi) is 6.13. The molecule has 168 valence electrons. The lowest BCUT2D eigenvalue weighted by Gasteiger charge is -2.37. The van der Waals surface area contributed by atoms with Crippen molar-refractivity contribution in [3.63, 3.8) is 0 Å². The van der Waals surface area contributed by atoms with Crippen molar-refractivity contribution in [1.82, 2.24) is 20.1 Å². The summed E-state index contributed by atoms with van der Waals surface area (Å²) in [5.74, 6) is 0.932. The molecule has 3 saturated heterocycles. The number of hydrogen-bond acceptors (Lipinski definition) is 7. The van der Waals surface area contributed by atoms with Crippen LogP contribution < -0.4 is 10.2 Å². The molecule has 0 saturated carbocycles. The first-order valence-electron chi connectivity index (χ1n) is 11.6. The van der Waals surface area contributed by atoms with Crippen molar-refractivity contribution in [3.05, 3.63) is 35.2 Å². The molecule has 4 heterocycles. The predicted molar refractivity (Wildman–Crippen MR) is 127 cm³/mol. The Morgan fingerprint density at radius 1 is 1.19 bits per heavy atom. The quantitative estimate of drug-likeness (QED) is 0.771. The van der Waals surface area contributed by atoms with Crippen LogP contribution in [-0.4, -0.2) is 78.6 Å². The van der Waals surface area contributed by atoms with E-state index in [0.717, 1.165) is 75.0 Å². The van der Waals surface area contributed by atoms with Gasteiger partial charge in [0.15, 0.2) is 5.13 Å². The van der Waals surface area contributed by atoms with Crippen LogP contribution >= 0.6 is 11.3 Å². The fourth-order valence-electron chi connectivity index (χ4n) is 5.07. The Morgan fingerprint density at radius 2 is 1.97 bits per heavy atom. The van der Waals surface area contributed by atoms with E-state index in [-0.39, 0.29) is 6.04 Å².